The third kappa shape index (κ3) is 2.82. The van der Waals surface area contributed by atoms with Crippen molar-refractivity contribution in [2.75, 3.05) is 13.1 Å². The SMILES string of the molecule is NCC1(CNC(=O)c2ccccn2)CCCC1. The Morgan fingerprint density at radius 1 is 1.41 bits per heavy atom. The minimum atomic E-state index is -0.106. The molecular weight excluding hydrogens is 214 g/mol. The molecule has 1 saturated carbocycles. The second-order valence-electron chi connectivity index (χ2n) is 4.81. The van der Waals surface area contributed by atoms with Crippen LogP contribution in [0, 0.1) is 5.41 Å². The second-order valence-corrected chi connectivity index (χ2v) is 4.81. The molecule has 3 N–H and O–H groups in total. The summed E-state index contributed by atoms with van der Waals surface area (Å²) in [6.07, 6.45) is 6.30. The van der Waals surface area contributed by atoms with E-state index in [1.54, 1.807) is 18.3 Å². The van der Waals surface area contributed by atoms with Gasteiger partial charge in [-0.15, -0.1) is 0 Å². The first kappa shape index (κ1) is 12.0. The second kappa shape index (κ2) is 5.27. The van der Waals surface area contributed by atoms with Crippen LogP contribution in [0.3, 0.4) is 0 Å². The largest absolute Gasteiger partial charge is 0.350 e. The zero-order chi connectivity index (χ0) is 12.1. The summed E-state index contributed by atoms with van der Waals surface area (Å²) in [5.74, 6) is -0.106. The molecular formula is C13H19N3O. The van der Waals surface area contributed by atoms with Gasteiger partial charge in [0.05, 0.1) is 0 Å². The average Bonchev–Trinajstić information content (AvgIpc) is 2.86. The van der Waals surface area contributed by atoms with Crippen molar-refractivity contribution >= 4 is 5.91 Å². The Labute approximate surface area is 102 Å². The predicted octanol–water partition coefficient (Wildman–Crippen LogP) is 1.33. The quantitative estimate of drug-likeness (QED) is 0.824. The number of pyridine rings is 1. The van der Waals surface area contributed by atoms with Crippen molar-refractivity contribution in [3.05, 3.63) is 30.1 Å². The van der Waals surface area contributed by atoms with Crippen molar-refractivity contribution in [1.82, 2.24) is 10.3 Å². The topological polar surface area (TPSA) is 68.0 Å². The van der Waals surface area contributed by atoms with E-state index in [4.69, 9.17) is 5.73 Å². The van der Waals surface area contributed by atoms with Crippen molar-refractivity contribution in [2.45, 2.75) is 25.7 Å². The van der Waals surface area contributed by atoms with Gasteiger partial charge in [0, 0.05) is 12.7 Å². The minimum absolute atomic E-state index is 0.106. The van der Waals surface area contributed by atoms with Gasteiger partial charge in [-0.25, -0.2) is 0 Å². The Bertz CT molecular complexity index is 372. The maximum absolute atomic E-state index is 11.8. The van der Waals surface area contributed by atoms with E-state index < -0.39 is 0 Å². The highest BCUT2D eigenvalue weighted by Gasteiger charge is 2.32. The number of rotatable bonds is 4. The van der Waals surface area contributed by atoms with Gasteiger partial charge in [0.2, 0.25) is 0 Å². The van der Waals surface area contributed by atoms with Crippen molar-refractivity contribution in [1.29, 1.82) is 0 Å². The summed E-state index contributed by atoms with van der Waals surface area (Å²) in [5, 5.41) is 2.95. The maximum Gasteiger partial charge on any atom is 0.269 e. The molecule has 0 atom stereocenters. The van der Waals surface area contributed by atoms with Crippen LogP contribution in [0.4, 0.5) is 0 Å². The van der Waals surface area contributed by atoms with Crippen LogP contribution in [-0.2, 0) is 0 Å². The lowest BCUT2D eigenvalue weighted by Gasteiger charge is -2.27. The first-order valence-electron chi connectivity index (χ1n) is 6.15. The zero-order valence-electron chi connectivity index (χ0n) is 9.98. The van der Waals surface area contributed by atoms with Gasteiger partial charge in [-0.2, -0.15) is 0 Å². The molecule has 0 spiro atoms. The van der Waals surface area contributed by atoms with E-state index in [1.807, 2.05) is 6.07 Å². The highest BCUT2D eigenvalue weighted by Crippen LogP contribution is 2.36. The standard InChI is InChI=1S/C13H19N3O/c14-9-13(6-2-3-7-13)10-16-12(17)11-5-1-4-8-15-11/h1,4-5,8H,2-3,6-7,9-10,14H2,(H,16,17). The summed E-state index contributed by atoms with van der Waals surface area (Å²) in [7, 11) is 0. The van der Waals surface area contributed by atoms with Crippen molar-refractivity contribution in [3.8, 4) is 0 Å². The molecule has 17 heavy (non-hydrogen) atoms. The molecule has 1 heterocycles. The van der Waals surface area contributed by atoms with Crippen molar-refractivity contribution < 1.29 is 4.79 Å². The highest BCUT2D eigenvalue weighted by molar-refractivity contribution is 5.92. The summed E-state index contributed by atoms with van der Waals surface area (Å²) in [4.78, 5) is 15.9. The molecule has 1 fully saturated rings. The number of hydrogen-bond donors (Lipinski definition) is 2. The van der Waals surface area contributed by atoms with Gasteiger partial charge in [0.15, 0.2) is 0 Å². The monoisotopic (exact) mass is 233 g/mol. The molecule has 0 radical (unpaired) electrons. The molecule has 1 aromatic rings. The zero-order valence-corrected chi connectivity index (χ0v) is 9.98. The van der Waals surface area contributed by atoms with E-state index >= 15 is 0 Å². The van der Waals surface area contributed by atoms with Gasteiger partial charge in [-0.3, -0.25) is 9.78 Å². The van der Waals surface area contributed by atoms with Crippen molar-refractivity contribution in [3.63, 3.8) is 0 Å². The fourth-order valence-electron chi connectivity index (χ4n) is 2.43. The number of amides is 1. The smallest absolute Gasteiger partial charge is 0.269 e. The Morgan fingerprint density at radius 2 is 2.18 bits per heavy atom. The molecule has 0 unspecified atom stereocenters. The third-order valence-electron chi connectivity index (χ3n) is 3.62. The Hall–Kier alpha value is -1.42. The van der Waals surface area contributed by atoms with Crippen LogP contribution in [-0.4, -0.2) is 24.0 Å². The summed E-state index contributed by atoms with van der Waals surface area (Å²) in [6, 6.07) is 5.34. The maximum atomic E-state index is 11.8. The van der Waals surface area contributed by atoms with E-state index in [9.17, 15) is 4.79 Å². The molecule has 4 nitrogen and oxygen atoms in total. The molecule has 0 bridgehead atoms. The molecule has 1 amide bonds. The van der Waals surface area contributed by atoms with Crippen molar-refractivity contribution in [2.24, 2.45) is 11.1 Å². The average molecular weight is 233 g/mol. The van der Waals surface area contributed by atoms with Gasteiger partial charge in [0.25, 0.3) is 5.91 Å². The van der Waals surface area contributed by atoms with Crippen LogP contribution < -0.4 is 11.1 Å². The summed E-state index contributed by atoms with van der Waals surface area (Å²) < 4.78 is 0. The minimum Gasteiger partial charge on any atom is -0.350 e. The molecule has 0 saturated heterocycles. The van der Waals surface area contributed by atoms with Crippen LogP contribution in [0.5, 0.6) is 0 Å². The number of nitrogens with zero attached hydrogens (tertiary/aromatic N) is 1. The molecule has 1 aromatic heterocycles. The molecule has 1 aliphatic rings. The fourth-order valence-corrected chi connectivity index (χ4v) is 2.43. The fraction of sp³-hybridized carbons (Fsp3) is 0.538. The lowest BCUT2D eigenvalue weighted by molar-refractivity contribution is 0.0927. The molecule has 92 valence electrons. The number of aromatic nitrogens is 1. The lowest BCUT2D eigenvalue weighted by atomic mass is 9.86. The van der Waals surface area contributed by atoms with Gasteiger partial charge < -0.3 is 11.1 Å². The Morgan fingerprint density at radius 3 is 2.76 bits per heavy atom. The predicted molar refractivity (Wildman–Crippen MR) is 66.5 cm³/mol. The van der Waals surface area contributed by atoms with Gasteiger partial charge >= 0.3 is 0 Å². The third-order valence-corrected chi connectivity index (χ3v) is 3.62. The van der Waals surface area contributed by atoms with E-state index in [0.29, 0.717) is 18.8 Å². The summed E-state index contributed by atoms with van der Waals surface area (Å²) in [5.41, 5.74) is 6.41. The Balaban J connectivity index is 1.92. The van der Waals surface area contributed by atoms with E-state index in [-0.39, 0.29) is 11.3 Å². The molecule has 0 aromatic carbocycles. The number of hydrogen-bond acceptors (Lipinski definition) is 3. The van der Waals surface area contributed by atoms with E-state index in [0.717, 1.165) is 12.8 Å². The van der Waals surface area contributed by atoms with Crippen LogP contribution >= 0.6 is 0 Å². The van der Waals surface area contributed by atoms with Gasteiger partial charge in [-0.1, -0.05) is 18.9 Å². The normalized spacial score (nSPS) is 17.9. The number of nitrogens with one attached hydrogen (secondary N) is 1. The number of carbonyl (C=O) groups excluding carboxylic acids is 1. The molecule has 2 rings (SSSR count). The van der Waals surface area contributed by atoms with Crippen LogP contribution in [0.15, 0.2) is 24.4 Å². The van der Waals surface area contributed by atoms with Crippen LogP contribution in [0.25, 0.3) is 0 Å². The van der Waals surface area contributed by atoms with E-state index in [1.165, 1.54) is 12.8 Å². The first-order valence-corrected chi connectivity index (χ1v) is 6.15. The van der Waals surface area contributed by atoms with Crippen LogP contribution in [0.2, 0.25) is 0 Å². The summed E-state index contributed by atoms with van der Waals surface area (Å²) in [6.45, 7) is 1.31. The van der Waals surface area contributed by atoms with E-state index in [2.05, 4.69) is 10.3 Å². The molecule has 1 aliphatic carbocycles. The first-order chi connectivity index (χ1) is 8.26. The molecule has 4 heteroatoms. The number of nitrogens with two attached hydrogens (primary N) is 1. The Kier molecular flexibility index (Phi) is 3.74. The van der Waals surface area contributed by atoms with Crippen LogP contribution in [0.1, 0.15) is 36.2 Å². The summed E-state index contributed by atoms with van der Waals surface area (Å²) >= 11 is 0. The lowest BCUT2D eigenvalue weighted by Crippen LogP contribution is -2.40. The van der Waals surface area contributed by atoms with Gasteiger partial charge in [-0.05, 0) is 36.9 Å². The van der Waals surface area contributed by atoms with Gasteiger partial charge in [0.1, 0.15) is 5.69 Å². The number of carbonyl (C=O) groups is 1. The highest BCUT2D eigenvalue weighted by atomic mass is 16.1. The molecule has 0 aliphatic heterocycles.